The van der Waals surface area contributed by atoms with Crippen molar-refractivity contribution in [3.05, 3.63) is 29.3 Å². The van der Waals surface area contributed by atoms with Gasteiger partial charge in [-0.15, -0.1) is 0 Å². The van der Waals surface area contributed by atoms with Crippen molar-refractivity contribution in [2.45, 2.75) is 25.6 Å². The molecule has 1 aromatic carbocycles. The van der Waals surface area contributed by atoms with Crippen molar-refractivity contribution in [1.29, 1.82) is 0 Å². The smallest absolute Gasteiger partial charge is 0.387 e. The summed E-state index contributed by atoms with van der Waals surface area (Å²) in [5.74, 6) is -1.84. The highest BCUT2D eigenvalue weighted by Gasteiger charge is 2.22. The minimum absolute atomic E-state index is 0.167. The third kappa shape index (κ3) is 4.76. The minimum Gasteiger partial charge on any atom is -0.479 e. The van der Waals surface area contributed by atoms with E-state index in [1.807, 2.05) is 0 Å². The predicted molar refractivity (Wildman–Crippen MR) is 67.8 cm³/mol. The summed E-state index contributed by atoms with van der Waals surface area (Å²) >= 11 is 3.26. The van der Waals surface area contributed by atoms with Gasteiger partial charge in [0.15, 0.2) is 6.10 Å². The second-order valence-electron chi connectivity index (χ2n) is 3.78. The van der Waals surface area contributed by atoms with Crippen LogP contribution in [0.1, 0.15) is 23.7 Å². The number of halogens is 3. The Labute approximate surface area is 117 Å². The second kappa shape index (κ2) is 7.40. The first kappa shape index (κ1) is 15.8. The van der Waals surface area contributed by atoms with Crippen molar-refractivity contribution < 1.29 is 28.5 Å². The van der Waals surface area contributed by atoms with Gasteiger partial charge in [-0.25, -0.2) is 4.79 Å². The average Bonchev–Trinajstić information content (AvgIpc) is 2.36. The molecular weight excluding hydrogens is 326 g/mol. The minimum atomic E-state index is -3.08. The molecule has 0 aliphatic rings. The predicted octanol–water partition coefficient (Wildman–Crippen LogP) is 2.73. The number of aliphatic hydroxyl groups is 1. The molecule has 2 N–H and O–H groups in total. The van der Waals surface area contributed by atoms with Gasteiger partial charge < -0.3 is 14.9 Å². The maximum absolute atomic E-state index is 12.2. The van der Waals surface area contributed by atoms with Gasteiger partial charge in [-0.1, -0.05) is 22.0 Å². The van der Waals surface area contributed by atoms with Gasteiger partial charge in [0.1, 0.15) is 5.75 Å². The Kier molecular flexibility index (Phi) is 6.17. The van der Waals surface area contributed by atoms with Crippen LogP contribution in [0.15, 0.2) is 18.2 Å². The van der Waals surface area contributed by atoms with Crippen LogP contribution in [-0.4, -0.2) is 28.1 Å². The maximum Gasteiger partial charge on any atom is 0.387 e. The van der Waals surface area contributed by atoms with Crippen LogP contribution < -0.4 is 4.74 Å². The lowest BCUT2D eigenvalue weighted by molar-refractivity contribution is -0.147. The van der Waals surface area contributed by atoms with Crippen molar-refractivity contribution in [1.82, 2.24) is 0 Å². The molecule has 1 unspecified atom stereocenters. The Morgan fingerprint density at radius 3 is 2.63 bits per heavy atom. The van der Waals surface area contributed by atoms with E-state index in [0.717, 1.165) is 17.3 Å². The average molecular weight is 339 g/mol. The third-order valence-electron chi connectivity index (χ3n) is 2.42. The largest absolute Gasteiger partial charge is 0.479 e. The van der Waals surface area contributed by atoms with Crippen molar-refractivity contribution in [3.8, 4) is 5.75 Å². The zero-order valence-electron chi connectivity index (χ0n) is 9.85. The number of benzene rings is 1. The van der Waals surface area contributed by atoms with Gasteiger partial charge in [0.2, 0.25) is 0 Å². The fourth-order valence-corrected chi connectivity index (χ4v) is 1.85. The summed E-state index contributed by atoms with van der Waals surface area (Å²) in [5.41, 5.74) is 0.580. The van der Waals surface area contributed by atoms with Crippen molar-refractivity contribution in [2.75, 3.05) is 5.33 Å². The molecule has 0 spiro atoms. The van der Waals surface area contributed by atoms with Crippen LogP contribution >= 0.6 is 15.9 Å². The van der Waals surface area contributed by atoms with Gasteiger partial charge in [-0.2, -0.15) is 8.78 Å². The molecule has 7 heteroatoms. The summed E-state index contributed by atoms with van der Waals surface area (Å²) in [6.45, 7) is -3.08. The number of rotatable bonds is 7. The van der Waals surface area contributed by atoms with Crippen molar-refractivity contribution in [3.63, 3.8) is 0 Å². The summed E-state index contributed by atoms with van der Waals surface area (Å²) in [7, 11) is 0. The first-order valence-corrected chi connectivity index (χ1v) is 6.62. The SMILES string of the molecule is O=C(O)C(O)c1cc(CCCBr)ccc1OC(F)F. The quantitative estimate of drug-likeness (QED) is 0.750. The molecular formula is C12H13BrF2O4. The number of carboxylic acid groups (broad SMARTS) is 1. The number of alkyl halides is 3. The monoisotopic (exact) mass is 338 g/mol. The zero-order chi connectivity index (χ0) is 14.4. The second-order valence-corrected chi connectivity index (χ2v) is 4.58. The van der Waals surface area contributed by atoms with Gasteiger partial charge >= 0.3 is 12.6 Å². The van der Waals surface area contributed by atoms with Gasteiger partial charge in [-0.05, 0) is 30.5 Å². The molecule has 0 heterocycles. The van der Waals surface area contributed by atoms with E-state index >= 15 is 0 Å². The number of aliphatic carboxylic acids is 1. The lowest BCUT2D eigenvalue weighted by atomic mass is 10.0. The molecule has 0 saturated carbocycles. The van der Waals surface area contributed by atoms with Crippen LogP contribution in [0.4, 0.5) is 8.78 Å². The van der Waals surface area contributed by atoms with Gasteiger partial charge in [0, 0.05) is 10.9 Å². The number of aliphatic hydroxyl groups excluding tert-OH is 1. The molecule has 19 heavy (non-hydrogen) atoms. The first-order valence-electron chi connectivity index (χ1n) is 5.50. The Morgan fingerprint density at radius 1 is 1.42 bits per heavy atom. The fraction of sp³-hybridized carbons (Fsp3) is 0.417. The molecule has 0 radical (unpaired) electrons. The van der Waals surface area contributed by atoms with Gasteiger partial charge in [0.05, 0.1) is 0 Å². The fourth-order valence-electron chi connectivity index (χ4n) is 1.57. The highest BCUT2D eigenvalue weighted by atomic mass is 79.9. The molecule has 1 rings (SSSR count). The molecule has 1 atom stereocenters. The van der Waals surface area contributed by atoms with E-state index in [1.54, 1.807) is 6.07 Å². The van der Waals surface area contributed by atoms with E-state index in [2.05, 4.69) is 20.7 Å². The first-order chi connectivity index (χ1) is 8.95. The highest BCUT2D eigenvalue weighted by Crippen LogP contribution is 2.28. The molecule has 4 nitrogen and oxygen atoms in total. The lowest BCUT2D eigenvalue weighted by Crippen LogP contribution is -2.14. The number of ether oxygens (including phenoxy) is 1. The van der Waals surface area contributed by atoms with Crippen LogP contribution in [0.5, 0.6) is 5.75 Å². The van der Waals surface area contributed by atoms with E-state index in [0.29, 0.717) is 6.42 Å². The summed E-state index contributed by atoms with van der Waals surface area (Å²) in [6.07, 6.45) is -0.449. The van der Waals surface area contributed by atoms with Gasteiger partial charge in [0.25, 0.3) is 0 Å². The Bertz CT molecular complexity index is 440. The Morgan fingerprint density at radius 2 is 2.11 bits per heavy atom. The lowest BCUT2D eigenvalue weighted by Gasteiger charge is -2.14. The number of carboxylic acids is 1. The normalized spacial score (nSPS) is 12.5. The molecule has 106 valence electrons. The van der Waals surface area contributed by atoms with E-state index < -0.39 is 18.7 Å². The summed E-state index contributed by atoms with van der Waals surface area (Å²) in [4.78, 5) is 10.8. The number of carbonyl (C=O) groups is 1. The van der Waals surface area contributed by atoms with Crippen molar-refractivity contribution >= 4 is 21.9 Å². The summed E-state index contributed by atoms with van der Waals surface area (Å²) in [6, 6.07) is 4.19. The molecule has 0 fully saturated rings. The topological polar surface area (TPSA) is 66.8 Å². The molecule has 0 aliphatic heterocycles. The molecule has 0 saturated heterocycles. The maximum atomic E-state index is 12.2. The Hall–Kier alpha value is -1.21. The van der Waals surface area contributed by atoms with Gasteiger partial charge in [-0.3, -0.25) is 0 Å². The van der Waals surface area contributed by atoms with Crippen LogP contribution in [0.3, 0.4) is 0 Å². The van der Waals surface area contributed by atoms with E-state index in [9.17, 15) is 18.7 Å². The standard InChI is InChI=1S/C12H13BrF2O4/c13-5-1-2-7-3-4-9(19-12(14)15)8(6-7)10(16)11(17)18/h3-4,6,10,12,16H,1-2,5H2,(H,17,18). The molecule has 0 aromatic heterocycles. The van der Waals surface area contributed by atoms with E-state index in [1.165, 1.54) is 12.1 Å². The van der Waals surface area contributed by atoms with E-state index in [4.69, 9.17) is 5.11 Å². The van der Waals surface area contributed by atoms with Crippen LogP contribution in [0.2, 0.25) is 0 Å². The van der Waals surface area contributed by atoms with Crippen LogP contribution in [0, 0.1) is 0 Å². The zero-order valence-corrected chi connectivity index (χ0v) is 11.4. The Balaban J connectivity index is 3.06. The third-order valence-corrected chi connectivity index (χ3v) is 2.98. The number of aryl methyl sites for hydroxylation is 1. The number of hydrogen-bond donors (Lipinski definition) is 2. The molecule has 0 aliphatic carbocycles. The number of hydrogen-bond acceptors (Lipinski definition) is 3. The summed E-state index contributed by atoms with van der Waals surface area (Å²) < 4.78 is 28.6. The molecule has 0 bridgehead atoms. The van der Waals surface area contributed by atoms with Crippen LogP contribution in [-0.2, 0) is 11.2 Å². The van der Waals surface area contributed by atoms with Crippen molar-refractivity contribution in [2.24, 2.45) is 0 Å². The van der Waals surface area contributed by atoms with E-state index in [-0.39, 0.29) is 11.3 Å². The molecule has 1 aromatic rings. The summed E-state index contributed by atoms with van der Waals surface area (Å²) in [5, 5.41) is 19.0. The van der Waals surface area contributed by atoms with Crippen LogP contribution in [0.25, 0.3) is 0 Å². The highest BCUT2D eigenvalue weighted by molar-refractivity contribution is 9.09. The molecule has 0 amide bonds.